The minimum Gasteiger partial charge on any atom is -0.309 e. The molecule has 0 aliphatic heterocycles. The summed E-state index contributed by atoms with van der Waals surface area (Å²) in [6.07, 6.45) is 5.56. The van der Waals surface area contributed by atoms with Gasteiger partial charge in [-0.05, 0) is 32.1 Å². The SMILES string of the molecule is Cc1nc(C(C)(C)C)sc1C(C)NCC1(C)CCCC1. The summed E-state index contributed by atoms with van der Waals surface area (Å²) in [5, 5.41) is 5.01. The second kappa shape index (κ2) is 5.76. The van der Waals surface area contributed by atoms with Gasteiger partial charge >= 0.3 is 0 Å². The van der Waals surface area contributed by atoms with Crippen molar-refractivity contribution in [3.63, 3.8) is 0 Å². The molecule has 1 heterocycles. The average molecular weight is 295 g/mol. The molecule has 0 aromatic carbocycles. The van der Waals surface area contributed by atoms with Crippen LogP contribution in [0, 0.1) is 12.3 Å². The van der Waals surface area contributed by atoms with Crippen molar-refractivity contribution in [2.45, 2.75) is 78.7 Å². The Kier molecular flexibility index (Phi) is 4.60. The van der Waals surface area contributed by atoms with E-state index in [4.69, 9.17) is 4.98 Å². The van der Waals surface area contributed by atoms with E-state index in [1.807, 2.05) is 11.3 Å². The van der Waals surface area contributed by atoms with Crippen molar-refractivity contribution in [1.82, 2.24) is 10.3 Å². The first-order valence-corrected chi connectivity index (χ1v) is 8.74. The monoisotopic (exact) mass is 294 g/mol. The second-order valence-electron chi connectivity index (χ2n) is 7.84. The van der Waals surface area contributed by atoms with Crippen LogP contribution in [0.1, 0.15) is 81.9 Å². The molecule has 0 spiro atoms. The fraction of sp³-hybridized carbons (Fsp3) is 0.824. The molecule has 1 aromatic rings. The van der Waals surface area contributed by atoms with Crippen LogP contribution in [0.15, 0.2) is 0 Å². The number of thiazole rings is 1. The third-order valence-corrected chi connectivity index (χ3v) is 6.28. The van der Waals surface area contributed by atoms with Crippen LogP contribution < -0.4 is 5.32 Å². The summed E-state index contributed by atoms with van der Waals surface area (Å²) in [5.41, 5.74) is 1.88. The molecule has 1 aromatic heterocycles. The lowest BCUT2D eigenvalue weighted by atomic mass is 9.88. The predicted octanol–water partition coefficient (Wildman–Crippen LogP) is 4.98. The first kappa shape index (κ1) is 16.0. The van der Waals surface area contributed by atoms with Crippen LogP contribution in [-0.2, 0) is 5.41 Å². The zero-order valence-corrected chi connectivity index (χ0v) is 14.8. The van der Waals surface area contributed by atoms with Gasteiger partial charge in [0.1, 0.15) is 0 Å². The lowest BCUT2D eigenvalue weighted by Crippen LogP contribution is -2.31. The zero-order valence-electron chi connectivity index (χ0n) is 14.0. The highest BCUT2D eigenvalue weighted by molar-refractivity contribution is 7.12. The Morgan fingerprint density at radius 1 is 1.30 bits per heavy atom. The summed E-state index contributed by atoms with van der Waals surface area (Å²) in [5.74, 6) is 0. The van der Waals surface area contributed by atoms with Crippen molar-refractivity contribution < 1.29 is 0 Å². The van der Waals surface area contributed by atoms with Crippen molar-refractivity contribution in [3.05, 3.63) is 15.6 Å². The number of aryl methyl sites for hydroxylation is 1. The Labute approximate surface area is 128 Å². The summed E-state index contributed by atoms with van der Waals surface area (Å²) in [6, 6.07) is 0.418. The molecule has 1 fully saturated rings. The largest absolute Gasteiger partial charge is 0.309 e. The Balaban J connectivity index is 2.02. The van der Waals surface area contributed by atoms with Gasteiger partial charge < -0.3 is 5.32 Å². The minimum atomic E-state index is 0.158. The molecule has 0 bridgehead atoms. The van der Waals surface area contributed by atoms with E-state index in [2.05, 4.69) is 46.9 Å². The Morgan fingerprint density at radius 3 is 2.40 bits per heavy atom. The van der Waals surface area contributed by atoms with Crippen LogP contribution in [0.5, 0.6) is 0 Å². The van der Waals surface area contributed by atoms with Crippen LogP contribution in [0.3, 0.4) is 0 Å². The number of nitrogens with one attached hydrogen (secondary N) is 1. The van der Waals surface area contributed by atoms with Gasteiger partial charge in [-0.15, -0.1) is 11.3 Å². The van der Waals surface area contributed by atoms with E-state index in [1.165, 1.54) is 41.3 Å². The normalized spacial score (nSPS) is 20.3. The fourth-order valence-electron chi connectivity index (χ4n) is 3.03. The van der Waals surface area contributed by atoms with Crippen molar-refractivity contribution in [2.24, 2.45) is 5.41 Å². The molecule has 1 aliphatic carbocycles. The van der Waals surface area contributed by atoms with E-state index in [1.54, 1.807) is 0 Å². The molecular formula is C17H30N2S. The highest BCUT2D eigenvalue weighted by Gasteiger charge is 2.29. The number of hydrogen-bond acceptors (Lipinski definition) is 3. The summed E-state index contributed by atoms with van der Waals surface area (Å²) in [7, 11) is 0. The molecule has 1 atom stereocenters. The molecular weight excluding hydrogens is 264 g/mol. The molecule has 3 heteroatoms. The van der Waals surface area contributed by atoms with Crippen molar-refractivity contribution in [1.29, 1.82) is 0 Å². The molecule has 0 saturated heterocycles. The smallest absolute Gasteiger partial charge is 0.0985 e. The van der Waals surface area contributed by atoms with E-state index < -0.39 is 0 Å². The number of hydrogen-bond donors (Lipinski definition) is 1. The first-order valence-electron chi connectivity index (χ1n) is 7.92. The van der Waals surface area contributed by atoms with Crippen molar-refractivity contribution in [2.75, 3.05) is 6.54 Å². The summed E-state index contributed by atoms with van der Waals surface area (Å²) >= 11 is 1.88. The van der Waals surface area contributed by atoms with Gasteiger partial charge in [-0.25, -0.2) is 4.98 Å². The minimum absolute atomic E-state index is 0.158. The van der Waals surface area contributed by atoms with Gasteiger partial charge in [0.25, 0.3) is 0 Å². The van der Waals surface area contributed by atoms with Crippen LogP contribution in [0.25, 0.3) is 0 Å². The Morgan fingerprint density at radius 2 is 1.90 bits per heavy atom. The molecule has 0 amide bonds. The third-order valence-electron chi connectivity index (χ3n) is 4.51. The quantitative estimate of drug-likeness (QED) is 0.847. The number of aromatic nitrogens is 1. The fourth-order valence-corrected chi connectivity index (χ4v) is 4.18. The van der Waals surface area contributed by atoms with Crippen LogP contribution >= 0.6 is 11.3 Å². The number of rotatable bonds is 4. The highest BCUT2D eigenvalue weighted by atomic mass is 32.1. The second-order valence-corrected chi connectivity index (χ2v) is 8.87. The molecule has 1 aliphatic rings. The summed E-state index contributed by atoms with van der Waals surface area (Å²) in [4.78, 5) is 6.19. The maximum atomic E-state index is 4.78. The van der Waals surface area contributed by atoms with E-state index in [9.17, 15) is 0 Å². The first-order chi connectivity index (χ1) is 9.21. The maximum absolute atomic E-state index is 4.78. The molecule has 1 unspecified atom stereocenters. The van der Waals surface area contributed by atoms with Crippen LogP contribution in [0.4, 0.5) is 0 Å². The lowest BCUT2D eigenvalue weighted by Gasteiger charge is -2.26. The highest BCUT2D eigenvalue weighted by Crippen LogP contribution is 2.38. The van der Waals surface area contributed by atoms with Gasteiger partial charge in [-0.3, -0.25) is 0 Å². The van der Waals surface area contributed by atoms with Crippen LogP contribution in [-0.4, -0.2) is 11.5 Å². The van der Waals surface area contributed by atoms with Crippen molar-refractivity contribution in [3.8, 4) is 0 Å². The summed E-state index contributed by atoms with van der Waals surface area (Å²) in [6.45, 7) is 14.7. The van der Waals surface area contributed by atoms with Gasteiger partial charge in [0.05, 0.1) is 10.7 Å². The maximum Gasteiger partial charge on any atom is 0.0985 e. The van der Waals surface area contributed by atoms with E-state index in [0.29, 0.717) is 11.5 Å². The predicted molar refractivity (Wildman–Crippen MR) is 88.5 cm³/mol. The summed E-state index contributed by atoms with van der Waals surface area (Å²) < 4.78 is 0. The zero-order chi connectivity index (χ0) is 15.0. The Bertz CT molecular complexity index is 450. The molecule has 2 rings (SSSR count). The molecule has 0 radical (unpaired) electrons. The molecule has 2 nitrogen and oxygen atoms in total. The topological polar surface area (TPSA) is 24.9 Å². The lowest BCUT2D eigenvalue weighted by molar-refractivity contribution is 0.302. The van der Waals surface area contributed by atoms with Crippen LogP contribution in [0.2, 0.25) is 0 Å². The van der Waals surface area contributed by atoms with Gasteiger partial charge in [-0.2, -0.15) is 0 Å². The molecule has 1 saturated carbocycles. The van der Waals surface area contributed by atoms with Crippen molar-refractivity contribution >= 4 is 11.3 Å². The third kappa shape index (κ3) is 3.62. The average Bonchev–Trinajstić information content (AvgIpc) is 2.93. The van der Waals surface area contributed by atoms with E-state index in [-0.39, 0.29) is 5.41 Å². The van der Waals surface area contributed by atoms with Gasteiger partial charge in [0, 0.05) is 22.9 Å². The van der Waals surface area contributed by atoms with Gasteiger partial charge in [0.2, 0.25) is 0 Å². The molecule has 20 heavy (non-hydrogen) atoms. The van der Waals surface area contributed by atoms with E-state index >= 15 is 0 Å². The standard InChI is InChI=1S/C17H30N2S/c1-12(18-11-17(6)9-7-8-10-17)14-13(2)19-15(20-14)16(3,4)5/h12,18H,7-11H2,1-6H3. The Hall–Kier alpha value is -0.410. The van der Waals surface area contributed by atoms with Gasteiger partial charge in [-0.1, -0.05) is 40.5 Å². The molecule has 1 N–H and O–H groups in total. The molecule has 114 valence electrons. The van der Waals surface area contributed by atoms with Gasteiger partial charge in [0.15, 0.2) is 0 Å². The van der Waals surface area contributed by atoms with E-state index in [0.717, 1.165) is 6.54 Å². The number of nitrogens with zero attached hydrogens (tertiary/aromatic N) is 1.